The average molecular weight is 378 g/mol. The Morgan fingerprint density at radius 1 is 1.29 bits per heavy atom. The summed E-state index contributed by atoms with van der Waals surface area (Å²) in [5.41, 5.74) is 9.13. The molecule has 0 unspecified atom stereocenters. The van der Waals surface area contributed by atoms with Crippen molar-refractivity contribution in [3.8, 4) is 0 Å². The second kappa shape index (κ2) is 7.67. The van der Waals surface area contributed by atoms with Crippen molar-refractivity contribution in [2.75, 3.05) is 6.54 Å². The highest BCUT2D eigenvalue weighted by molar-refractivity contribution is 6.33. The number of amides is 1. The molecule has 0 atom stereocenters. The van der Waals surface area contributed by atoms with Gasteiger partial charge in [-0.1, -0.05) is 13.8 Å². The Morgan fingerprint density at radius 2 is 2.04 bits per heavy atom. The SMILES string of the molecule is Cc1[nH]c(/C=C2/C(=O)NN=C2c2cncnc2)c(C(C)C)c1CCNC1CC1. The molecule has 1 fully saturated rings. The van der Waals surface area contributed by atoms with E-state index in [4.69, 9.17) is 0 Å². The van der Waals surface area contributed by atoms with Crippen molar-refractivity contribution in [2.24, 2.45) is 5.10 Å². The summed E-state index contributed by atoms with van der Waals surface area (Å²) in [6, 6.07) is 0.706. The van der Waals surface area contributed by atoms with Crippen LogP contribution in [0.1, 0.15) is 60.7 Å². The topological polar surface area (TPSA) is 95.1 Å². The quantitative estimate of drug-likeness (QED) is 0.645. The third-order valence-electron chi connectivity index (χ3n) is 5.24. The molecule has 2 aromatic rings. The van der Waals surface area contributed by atoms with E-state index in [-0.39, 0.29) is 5.91 Å². The molecule has 1 amide bonds. The van der Waals surface area contributed by atoms with Crippen molar-refractivity contribution in [2.45, 2.75) is 52.0 Å². The van der Waals surface area contributed by atoms with Crippen molar-refractivity contribution in [1.82, 2.24) is 25.7 Å². The van der Waals surface area contributed by atoms with Crippen molar-refractivity contribution in [3.05, 3.63) is 52.4 Å². The highest BCUT2D eigenvalue weighted by Gasteiger charge is 2.26. The molecule has 0 spiro atoms. The number of aryl methyl sites for hydroxylation is 1. The first kappa shape index (κ1) is 18.6. The second-order valence-corrected chi connectivity index (χ2v) is 7.78. The zero-order chi connectivity index (χ0) is 19.7. The lowest BCUT2D eigenvalue weighted by molar-refractivity contribution is -0.116. The molecule has 28 heavy (non-hydrogen) atoms. The minimum absolute atomic E-state index is 0.210. The molecule has 3 heterocycles. The number of aromatic nitrogens is 3. The third kappa shape index (κ3) is 3.75. The molecule has 2 aromatic heterocycles. The maximum Gasteiger partial charge on any atom is 0.273 e. The van der Waals surface area contributed by atoms with Gasteiger partial charge in [-0.3, -0.25) is 4.79 Å². The van der Waals surface area contributed by atoms with Crippen LogP contribution in [0, 0.1) is 6.92 Å². The van der Waals surface area contributed by atoms with Crippen LogP contribution in [0.4, 0.5) is 0 Å². The summed E-state index contributed by atoms with van der Waals surface area (Å²) < 4.78 is 0. The average Bonchev–Trinajstić information content (AvgIpc) is 3.36. The Hall–Kier alpha value is -2.80. The van der Waals surface area contributed by atoms with E-state index < -0.39 is 0 Å². The van der Waals surface area contributed by atoms with Crippen LogP contribution in [-0.2, 0) is 11.2 Å². The molecule has 2 aliphatic rings. The summed E-state index contributed by atoms with van der Waals surface area (Å²) in [6.45, 7) is 7.47. The van der Waals surface area contributed by atoms with Crippen molar-refractivity contribution >= 4 is 17.7 Å². The Labute approximate surface area is 164 Å². The van der Waals surface area contributed by atoms with Gasteiger partial charge in [0.1, 0.15) is 12.0 Å². The fourth-order valence-corrected chi connectivity index (χ4v) is 3.75. The van der Waals surface area contributed by atoms with Crippen LogP contribution in [0.15, 0.2) is 29.4 Å². The van der Waals surface area contributed by atoms with E-state index in [0.29, 0.717) is 23.2 Å². The Balaban J connectivity index is 1.67. The van der Waals surface area contributed by atoms with Crippen LogP contribution in [0.5, 0.6) is 0 Å². The lowest BCUT2D eigenvalue weighted by atomic mass is 9.94. The first-order valence-electron chi connectivity index (χ1n) is 9.84. The van der Waals surface area contributed by atoms with E-state index >= 15 is 0 Å². The van der Waals surface area contributed by atoms with Crippen LogP contribution in [0.2, 0.25) is 0 Å². The molecule has 1 aliphatic carbocycles. The minimum Gasteiger partial charge on any atom is -0.359 e. The van der Waals surface area contributed by atoms with E-state index in [1.165, 1.54) is 30.3 Å². The van der Waals surface area contributed by atoms with Crippen molar-refractivity contribution < 1.29 is 4.79 Å². The first-order chi connectivity index (χ1) is 13.5. The summed E-state index contributed by atoms with van der Waals surface area (Å²) in [5, 5.41) is 7.78. The van der Waals surface area contributed by atoms with Gasteiger partial charge in [0, 0.05) is 35.4 Å². The molecule has 3 N–H and O–H groups in total. The van der Waals surface area contributed by atoms with Crippen LogP contribution in [-0.4, -0.2) is 39.2 Å². The first-order valence-corrected chi connectivity index (χ1v) is 9.84. The Bertz CT molecular complexity index is 937. The number of nitrogens with one attached hydrogen (secondary N) is 3. The number of H-pyrrole nitrogens is 1. The predicted octanol–water partition coefficient (Wildman–Crippen LogP) is 2.45. The van der Waals surface area contributed by atoms with Crippen LogP contribution in [0.25, 0.3) is 6.08 Å². The lowest BCUT2D eigenvalue weighted by Crippen LogP contribution is -2.19. The predicted molar refractivity (Wildman–Crippen MR) is 109 cm³/mol. The molecule has 146 valence electrons. The monoisotopic (exact) mass is 378 g/mol. The summed E-state index contributed by atoms with van der Waals surface area (Å²) in [5.74, 6) is 0.135. The molecule has 0 aromatic carbocycles. The van der Waals surface area contributed by atoms with Crippen LogP contribution >= 0.6 is 0 Å². The summed E-state index contributed by atoms with van der Waals surface area (Å²) >= 11 is 0. The molecule has 1 aliphatic heterocycles. The second-order valence-electron chi connectivity index (χ2n) is 7.78. The molecular formula is C21H26N6O. The molecule has 0 bridgehead atoms. The van der Waals surface area contributed by atoms with Gasteiger partial charge in [0.15, 0.2) is 0 Å². The standard InChI is InChI=1S/C21H26N6O/c1-12(2)19-16(6-7-24-15-4-5-15)13(3)25-18(19)8-17-20(26-27-21(17)28)14-9-22-11-23-10-14/h8-12,15,24-25H,4-7H2,1-3H3,(H,27,28)/b17-8+. The van der Waals surface area contributed by atoms with E-state index in [9.17, 15) is 4.79 Å². The van der Waals surface area contributed by atoms with Gasteiger partial charge < -0.3 is 10.3 Å². The number of hydrogen-bond donors (Lipinski definition) is 3. The fourth-order valence-electron chi connectivity index (χ4n) is 3.75. The molecule has 7 heteroatoms. The number of hydrazone groups is 1. The van der Waals surface area contributed by atoms with Gasteiger partial charge in [-0.2, -0.15) is 5.10 Å². The van der Waals surface area contributed by atoms with E-state index in [1.807, 2.05) is 6.08 Å². The molecular weight excluding hydrogens is 352 g/mol. The number of aromatic amines is 1. The fraction of sp³-hybridized carbons (Fsp3) is 0.429. The summed E-state index contributed by atoms with van der Waals surface area (Å²) in [4.78, 5) is 24.0. The molecule has 4 rings (SSSR count). The Kier molecular flexibility index (Phi) is 5.09. The van der Waals surface area contributed by atoms with Gasteiger partial charge >= 0.3 is 0 Å². The van der Waals surface area contributed by atoms with E-state index in [1.54, 1.807) is 12.4 Å². The van der Waals surface area contributed by atoms with Gasteiger partial charge in [0.05, 0.1) is 5.57 Å². The normalized spacial score (nSPS) is 18.1. The number of nitrogens with zero attached hydrogens (tertiary/aromatic N) is 3. The number of hydrogen-bond acceptors (Lipinski definition) is 5. The largest absolute Gasteiger partial charge is 0.359 e. The zero-order valence-corrected chi connectivity index (χ0v) is 16.5. The van der Waals surface area contributed by atoms with Gasteiger partial charge in [0.25, 0.3) is 5.91 Å². The third-order valence-corrected chi connectivity index (χ3v) is 5.24. The minimum atomic E-state index is -0.210. The molecule has 0 radical (unpaired) electrons. The van der Waals surface area contributed by atoms with E-state index in [0.717, 1.165) is 29.9 Å². The van der Waals surface area contributed by atoms with E-state index in [2.05, 4.69) is 51.6 Å². The highest BCUT2D eigenvalue weighted by Crippen LogP contribution is 2.30. The molecule has 7 nitrogen and oxygen atoms in total. The summed E-state index contributed by atoms with van der Waals surface area (Å²) in [6.07, 6.45) is 10.3. The smallest absolute Gasteiger partial charge is 0.273 e. The molecule has 0 saturated heterocycles. The maximum absolute atomic E-state index is 12.4. The highest BCUT2D eigenvalue weighted by atomic mass is 16.2. The van der Waals surface area contributed by atoms with Gasteiger partial charge in [0.2, 0.25) is 0 Å². The van der Waals surface area contributed by atoms with Gasteiger partial charge in [-0.05, 0) is 55.9 Å². The molecule has 1 saturated carbocycles. The number of carbonyl (C=O) groups excluding carboxylic acids is 1. The zero-order valence-electron chi connectivity index (χ0n) is 16.5. The van der Waals surface area contributed by atoms with Crippen molar-refractivity contribution in [1.29, 1.82) is 0 Å². The summed E-state index contributed by atoms with van der Waals surface area (Å²) in [7, 11) is 0. The Morgan fingerprint density at radius 3 is 2.71 bits per heavy atom. The van der Waals surface area contributed by atoms with Crippen LogP contribution in [0.3, 0.4) is 0 Å². The maximum atomic E-state index is 12.4. The number of rotatable bonds is 7. The lowest BCUT2D eigenvalue weighted by Gasteiger charge is -2.11. The van der Waals surface area contributed by atoms with Gasteiger partial charge in [-0.25, -0.2) is 15.4 Å². The van der Waals surface area contributed by atoms with Crippen LogP contribution < -0.4 is 10.7 Å². The van der Waals surface area contributed by atoms with Crippen molar-refractivity contribution in [3.63, 3.8) is 0 Å². The number of carbonyl (C=O) groups is 1. The van der Waals surface area contributed by atoms with Gasteiger partial charge in [-0.15, -0.1) is 0 Å².